The molecule has 1 fully saturated rings. The number of aromatic nitrogens is 4. The average Bonchev–Trinajstić information content (AvgIpc) is 3.55. The van der Waals surface area contributed by atoms with E-state index in [1.54, 1.807) is 10.9 Å². The number of rotatable bonds is 4. The van der Waals surface area contributed by atoms with Crippen molar-refractivity contribution < 1.29 is 4.68 Å². The lowest BCUT2D eigenvalue weighted by Gasteiger charge is -2.28. The van der Waals surface area contributed by atoms with E-state index in [9.17, 15) is 5.26 Å². The van der Waals surface area contributed by atoms with Crippen LogP contribution in [0.3, 0.4) is 0 Å². The number of pyridine rings is 1. The highest BCUT2D eigenvalue weighted by Gasteiger charge is 2.41. The van der Waals surface area contributed by atoms with E-state index in [0.717, 1.165) is 53.5 Å². The minimum absolute atomic E-state index is 0.189. The second-order valence-electron chi connectivity index (χ2n) is 8.62. The predicted octanol–water partition coefficient (Wildman–Crippen LogP) is 3.96. The molecule has 0 unspecified atom stereocenters. The summed E-state index contributed by atoms with van der Waals surface area (Å²) < 4.78 is 5.53. The zero-order chi connectivity index (χ0) is 22.1. The Balaban J connectivity index is 1.52. The fourth-order valence-electron chi connectivity index (χ4n) is 4.65. The third-order valence-corrected chi connectivity index (χ3v) is 6.46. The third kappa shape index (κ3) is 3.61. The minimum atomic E-state index is -0.206. The van der Waals surface area contributed by atoms with E-state index in [-0.39, 0.29) is 11.5 Å². The smallest absolute Gasteiger partial charge is 0.272 e. The third-order valence-electron chi connectivity index (χ3n) is 6.46. The van der Waals surface area contributed by atoms with Crippen molar-refractivity contribution in [1.82, 2.24) is 19.4 Å². The lowest BCUT2D eigenvalue weighted by atomic mass is 9.71. The van der Waals surface area contributed by atoms with Gasteiger partial charge < -0.3 is 0 Å². The van der Waals surface area contributed by atoms with Crippen LogP contribution in [0.5, 0.6) is 0 Å². The van der Waals surface area contributed by atoms with Crippen LogP contribution in [0.4, 0.5) is 0 Å². The number of fused-ring (bicyclic) bond motifs is 1. The van der Waals surface area contributed by atoms with Crippen LogP contribution in [0.15, 0.2) is 48.2 Å². The van der Waals surface area contributed by atoms with E-state index in [0.29, 0.717) is 6.42 Å². The highest BCUT2D eigenvalue weighted by Crippen LogP contribution is 2.39. The summed E-state index contributed by atoms with van der Waals surface area (Å²) in [6.45, 7) is 5.50. The van der Waals surface area contributed by atoms with Crippen LogP contribution >= 0.6 is 0 Å². The van der Waals surface area contributed by atoms with Crippen LogP contribution in [-0.4, -0.2) is 42.6 Å². The van der Waals surface area contributed by atoms with Gasteiger partial charge in [-0.05, 0) is 30.1 Å². The zero-order valence-corrected chi connectivity index (χ0v) is 18.0. The molecule has 0 radical (unpaired) electrons. The van der Waals surface area contributed by atoms with Gasteiger partial charge in [0.1, 0.15) is 6.21 Å². The van der Waals surface area contributed by atoms with Crippen molar-refractivity contribution in [2.45, 2.75) is 38.1 Å². The molecule has 5 rings (SSSR count). The van der Waals surface area contributed by atoms with E-state index >= 15 is 0 Å². The van der Waals surface area contributed by atoms with Gasteiger partial charge in [-0.25, -0.2) is 4.52 Å². The Morgan fingerprint density at radius 2 is 2.16 bits per heavy atom. The van der Waals surface area contributed by atoms with Gasteiger partial charge in [-0.1, -0.05) is 9.53 Å². The first-order valence-electron chi connectivity index (χ1n) is 10.7. The fraction of sp³-hybridized carbons (Fsp3) is 0.333. The molecule has 3 aromatic heterocycles. The van der Waals surface area contributed by atoms with Crippen LogP contribution in [-0.2, 0) is 7.05 Å². The molecule has 0 saturated heterocycles. The van der Waals surface area contributed by atoms with E-state index in [1.165, 1.54) is 0 Å². The monoisotopic (exact) mass is 424 g/mol. The average molecular weight is 425 g/mol. The molecule has 1 aliphatic heterocycles. The van der Waals surface area contributed by atoms with Gasteiger partial charge in [0.2, 0.25) is 6.20 Å². The molecule has 2 aliphatic rings. The summed E-state index contributed by atoms with van der Waals surface area (Å²) in [6, 6.07) is 6.70. The first kappa shape index (κ1) is 19.9. The van der Waals surface area contributed by atoms with Gasteiger partial charge in [-0.2, -0.15) is 15.5 Å². The van der Waals surface area contributed by atoms with Gasteiger partial charge in [0.05, 0.1) is 35.2 Å². The normalized spacial score (nSPS) is 23.9. The summed E-state index contributed by atoms with van der Waals surface area (Å²) >= 11 is 0. The highest BCUT2D eigenvalue weighted by molar-refractivity contribution is 6.13. The molecule has 0 bridgehead atoms. The second-order valence-corrected chi connectivity index (χ2v) is 8.62. The molecule has 1 saturated carbocycles. The predicted molar refractivity (Wildman–Crippen MR) is 123 cm³/mol. The SMILES string of the molecule is C#[N+]C1CCC(/C=[N+]2\C=C(c3cc(-c4cnn(C)c4)cn4nccc34)C=N2)(CC#N)CC1. The molecular formula is C24H24N8+2. The summed E-state index contributed by atoms with van der Waals surface area (Å²) in [7, 11) is 1.91. The molecule has 0 N–H and O–H groups in total. The molecule has 1 aliphatic carbocycles. The summed E-state index contributed by atoms with van der Waals surface area (Å²) in [5, 5.41) is 22.8. The number of hydrogen-bond donors (Lipinski definition) is 0. The van der Waals surface area contributed by atoms with Crippen LogP contribution in [0.2, 0.25) is 0 Å². The van der Waals surface area contributed by atoms with E-state index < -0.39 is 0 Å². The number of nitrogens with zero attached hydrogens (tertiary/aromatic N) is 8. The highest BCUT2D eigenvalue weighted by atomic mass is 15.4. The van der Waals surface area contributed by atoms with Gasteiger partial charge in [0.15, 0.2) is 6.21 Å². The molecule has 0 atom stereocenters. The molecule has 8 nitrogen and oxygen atoms in total. The molecule has 8 heteroatoms. The zero-order valence-electron chi connectivity index (χ0n) is 18.0. The summed E-state index contributed by atoms with van der Waals surface area (Å²) in [4.78, 5) is 3.95. The summed E-state index contributed by atoms with van der Waals surface area (Å²) in [5.74, 6) is 0. The second kappa shape index (κ2) is 7.90. The van der Waals surface area contributed by atoms with Crippen molar-refractivity contribution in [3.8, 4) is 23.8 Å². The van der Waals surface area contributed by atoms with Gasteiger partial charge >= 0.3 is 0 Å². The van der Waals surface area contributed by atoms with Crippen molar-refractivity contribution in [2.75, 3.05) is 0 Å². The first-order chi connectivity index (χ1) is 15.6. The lowest BCUT2D eigenvalue weighted by Crippen LogP contribution is -2.32. The maximum Gasteiger partial charge on any atom is 0.272 e. The van der Waals surface area contributed by atoms with E-state index in [4.69, 9.17) is 6.57 Å². The maximum absolute atomic E-state index is 9.44. The molecule has 0 spiro atoms. The van der Waals surface area contributed by atoms with Gasteiger partial charge in [0.25, 0.3) is 12.6 Å². The topological polar surface area (TPSA) is 78.6 Å². The van der Waals surface area contributed by atoms with Crippen LogP contribution in [0.25, 0.3) is 27.1 Å². The van der Waals surface area contributed by atoms with Crippen molar-refractivity contribution in [1.29, 1.82) is 5.26 Å². The minimum Gasteiger partial charge on any atom is -0.275 e. The molecular weight excluding hydrogens is 400 g/mol. The number of hydrogen-bond acceptors (Lipinski definition) is 4. The molecule has 3 aromatic rings. The largest absolute Gasteiger partial charge is 0.275 e. The molecule has 158 valence electrons. The van der Waals surface area contributed by atoms with E-state index in [2.05, 4.69) is 38.5 Å². The number of allylic oxidation sites excluding steroid dienone is 1. The Kier molecular flexibility index (Phi) is 4.91. The van der Waals surface area contributed by atoms with Gasteiger partial charge in [-0.3, -0.25) is 4.68 Å². The standard InChI is InChI=1S/C24H24N8/c1-26-21-3-6-24(7-4-21,8-9-25)17-31-15-20(13-29-31)22-11-18(19-12-28-30(2)14-19)16-32-23(22)5-10-27-32/h1,5,10-17,21H,3-4,6-8H2,2H3/q+2/b31-17+. The lowest BCUT2D eigenvalue weighted by molar-refractivity contribution is -0.456. The van der Waals surface area contributed by atoms with Crippen molar-refractivity contribution >= 4 is 23.5 Å². The Bertz CT molecular complexity index is 1350. The fourth-order valence-corrected chi connectivity index (χ4v) is 4.65. The van der Waals surface area contributed by atoms with E-state index in [1.807, 2.05) is 53.3 Å². The molecule has 4 heterocycles. The Morgan fingerprint density at radius 1 is 1.31 bits per heavy atom. The van der Waals surface area contributed by atoms with Gasteiger partial charge in [-0.15, -0.1) is 0 Å². The number of aryl methyl sites for hydroxylation is 1. The van der Waals surface area contributed by atoms with Crippen LogP contribution < -0.4 is 0 Å². The quantitative estimate of drug-likeness (QED) is 0.595. The number of nitriles is 1. The Morgan fingerprint density at radius 3 is 2.88 bits per heavy atom. The molecule has 0 aromatic carbocycles. The summed E-state index contributed by atoms with van der Waals surface area (Å²) in [6.07, 6.45) is 17.6. The Labute approximate surface area is 186 Å². The van der Waals surface area contributed by atoms with Crippen molar-refractivity contribution in [3.63, 3.8) is 0 Å². The number of hydrazone groups is 1. The molecule has 0 amide bonds. The van der Waals surface area contributed by atoms with Crippen LogP contribution in [0.1, 0.15) is 37.7 Å². The van der Waals surface area contributed by atoms with Crippen molar-refractivity contribution in [3.05, 3.63) is 53.5 Å². The molecule has 32 heavy (non-hydrogen) atoms. The maximum atomic E-state index is 9.44. The van der Waals surface area contributed by atoms with Crippen molar-refractivity contribution in [2.24, 2.45) is 17.6 Å². The summed E-state index contributed by atoms with van der Waals surface area (Å²) in [5.41, 5.74) is 4.90. The van der Waals surface area contributed by atoms with Crippen LogP contribution in [0, 0.1) is 23.3 Å². The van der Waals surface area contributed by atoms with Gasteiger partial charge in [0, 0.05) is 55.2 Å². The first-order valence-corrected chi connectivity index (χ1v) is 10.7. The Hall–Kier alpha value is -4.04.